The number of piperazine rings is 1. The topological polar surface area (TPSA) is 71.5 Å². The average Bonchev–Trinajstić information content (AvgIpc) is 2.81. The highest BCUT2D eigenvalue weighted by molar-refractivity contribution is 5.94. The maximum atomic E-state index is 12.0. The Kier molecular flexibility index (Phi) is 3.03. The molecule has 2 heterocycles. The molecule has 1 amide bonds. The molecule has 0 aliphatic carbocycles. The zero-order valence-corrected chi connectivity index (χ0v) is 8.48. The van der Waals surface area contributed by atoms with Crippen LogP contribution in [0.4, 0.5) is 0 Å². The van der Waals surface area contributed by atoms with Gasteiger partial charge in [0.05, 0.1) is 17.9 Å². The number of carbonyl (C=O) groups is 1. The second-order valence-corrected chi connectivity index (χ2v) is 3.60. The van der Waals surface area contributed by atoms with Gasteiger partial charge in [0.2, 0.25) is 0 Å². The van der Waals surface area contributed by atoms with Crippen LogP contribution in [-0.2, 0) is 0 Å². The maximum Gasteiger partial charge on any atom is 0.257 e. The molecule has 82 valence electrons. The highest BCUT2D eigenvalue weighted by atomic mass is 16.3. The first-order valence-electron chi connectivity index (χ1n) is 5.07. The van der Waals surface area contributed by atoms with Gasteiger partial charge in [-0.1, -0.05) is 0 Å². The van der Waals surface area contributed by atoms with Crippen molar-refractivity contribution in [3.8, 4) is 0 Å². The highest BCUT2D eigenvalue weighted by Gasteiger charge is 2.26. The number of hydrogen-bond acceptors (Lipinski definition) is 4. The van der Waals surface area contributed by atoms with Gasteiger partial charge < -0.3 is 20.4 Å². The minimum atomic E-state index is 0.000648. The fourth-order valence-corrected chi connectivity index (χ4v) is 1.79. The predicted molar refractivity (Wildman–Crippen MR) is 55.5 cm³/mol. The molecule has 2 rings (SSSR count). The van der Waals surface area contributed by atoms with Crippen molar-refractivity contribution in [3.05, 3.63) is 24.2 Å². The van der Waals surface area contributed by atoms with Crippen molar-refractivity contribution >= 4 is 5.91 Å². The van der Waals surface area contributed by atoms with Gasteiger partial charge in [0.25, 0.3) is 5.91 Å². The molecule has 1 unspecified atom stereocenters. The molecule has 1 aromatic heterocycles. The Hall–Kier alpha value is -1.33. The first-order chi connectivity index (χ1) is 7.33. The van der Waals surface area contributed by atoms with Crippen LogP contribution in [0, 0.1) is 0 Å². The Labute approximate surface area is 88.2 Å². The summed E-state index contributed by atoms with van der Waals surface area (Å²) in [5.41, 5.74) is 6.22. The standard InChI is InChI=1S/C10H15N3O2/c11-5-9-6-12-2-3-13(9)10(14)8-1-4-15-7-8/h1,4,7,9,12H,2-3,5-6,11H2. The molecule has 3 N–H and O–H groups in total. The lowest BCUT2D eigenvalue weighted by Crippen LogP contribution is -2.56. The lowest BCUT2D eigenvalue weighted by atomic mass is 10.1. The monoisotopic (exact) mass is 209 g/mol. The van der Waals surface area contributed by atoms with Gasteiger partial charge in [0.15, 0.2) is 0 Å². The van der Waals surface area contributed by atoms with Crippen molar-refractivity contribution < 1.29 is 9.21 Å². The summed E-state index contributed by atoms with van der Waals surface area (Å²) in [5.74, 6) is 0.000648. The summed E-state index contributed by atoms with van der Waals surface area (Å²) in [6, 6.07) is 1.76. The lowest BCUT2D eigenvalue weighted by Gasteiger charge is -2.35. The summed E-state index contributed by atoms with van der Waals surface area (Å²) < 4.78 is 4.90. The molecular weight excluding hydrogens is 194 g/mol. The predicted octanol–water partition coefficient (Wildman–Crippen LogP) is -0.348. The van der Waals surface area contributed by atoms with E-state index >= 15 is 0 Å². The molecule has 5 nitrogen and oxygen atoms in total. The van der Waals surface area contributed by atoms with Gasteiger partial charge in [-0.25, -0.2) is 0 Å². The van der Waals surface area contributed by atoms with Crippen LogP contribution in [0.2, 0.25) is 0 Å². The Morgan fingerprint density at radius 3 is 3.27 bits per heavy atom. The molecular formula is C10H15N3O2. The van der Waals surface area contributed by atoms with Crippen LogP contribution in [0.5, 0.6) is 0 Å². The first-order valence-corrected chi connectivity index (χ1v) is 5.07. The van der Waals surface area contributed by atoms with Crippen LogP contribution in [0.1, 0.15) is 10.4 Å². The number of carbonyl (C=O) groups excluding carboxylic acids is 1. The summed E-state index contributed by atoms with van der Waals surface area (Å²) >= 11 is 0. The maximum absolute atomic E-state index is 12.0. The number of hydrogen-bond donors (Lipinski definition) is 2. The Bertz CT molecular complexity index is 323. The van der Waals surface area contributed by atoms with Gasteiger partial charge in [0.1, 0.15) is 6.26 Å². The minimum Gasteiger partial charge on any atom is -0.472 e. The molecule has 1 aliphatic rings. The minimum absolute atomic E-state index is 0.000648. The largest absolute Gasteiger partial charge is 0.472 e. The number of nitrogens with zero attached hydrogens (tertiary/aromatic N) is 1. The van der Waals surface area contributed by atoms with Crippen LogP contribution in [0.15, 0.2) is 23.0 Å². The molecule has 5 heteroatoms. The van der Waals surface area contributed by atoms with Gasteiger partial charge in [-0.3, -0.25) is 4.79 Å². The zero-order chi connectivity index (χ0) is 10.7. The number of amides is 1. The number of nitrogens with one attached hydrogen (secondary N) is 1. The van der Waals surface area contributed by atoms with Crippen LogP contribution in [0.3, 0.4) is 0 Å². The molecule has 0 bridgehead atoms. The third-order valence-corrected chi connectivity index (χ3v) is 2.65. The summed E-state index contributed by atoms with van der Waals surface area (Å²) in [6.07, 6.45) is 2.98. The van der Waals surface area contributed by atoms with Gasteiger partial charge >= 0.3 is 0 Å². The SMILES string of the molecule is NCC1CNCCN1C(=O)c1ccoc1. The molecule has 0 aromatic carbocycles. The lowest BCUT2D eigenvalue weighted by molar-refractivity contribution is 0.0644. The molecule has 1 aliphatic heterocycles. The Morgan fingerprint density at radius 1 is 1.73 bits per heavy atom. The van der Waals surface area contributed by atoms with E-state index in [1.807, 2.05) is 0 Å². The van der Waals surface area contributed by atoms with E-state index in [1.165, 1.54) is 12.5 Å². The normalized spacial score (nSPS) is 21.7. The molecule has 0 saturated carbocycles. The molecule has 1 saturated heterocycles. The molecule has 0 radical (unpaired) electrons. The van der Waals surface area contributed by atoms with Gasteiger partial charge in [0, 0.05) is 26.2 Å². The van der Waals surface area contributed by atoms with Crippen LogP contribution < -0.4 is 11.1 Å². The molecule has 0 spiro atoms. The summed E-state index contributed by atoms with van der Waals surface area (Å²) in [7, 11) is 0. The van der Waals surface area contributed by atoms with E-state index in [-0.39, 0.29) is 11.9 Å². The van der Waals surface area contributed by atoms with E-state index in [4.69, 9.17) is 10.2 Å². The van der Waals surface area contributed by atoms with E-state index in [1.54, 1.807) is 11.0 Å². The summed E-state index contributed by atoms with van der Waals surface area (Å²) in [4.78, 5) is 13.8. The van der Waals surface area contributed by atoms with E-state index in [9.17, 15) is 4.79 Å². The fourth-order valence-electron chi connectivity index (χ4n) is 1.79. The van der Waals surface area contributed by atoms with E-state index in [0.29, 0.717) is 18.7 Å². The second-order valence-electron chi connectivity index (χ2n) is 3.60. The second kappa shape index (κ2) is 4.46. The molecule has 15 heavy (non-hydrogen) atoms. The third kappa shape index (κ3) is 2.03. The zero-order valence-electron chi connectivity index (χ0n) is 8.48. The Morgan fingerprint density at radius 2 is 2.60 bits per heavy atom. The first kappa shape index (κ1) is 10.2. The van der Waals surface area contributed by atoms with Crippen molar-refractivity contribution in [2.45, 2.75) is 6.04 Å². The number of furan rings is 1. The number of nitrogens with two attached hydrogens (primary N) is 1. The Balaban J connectivity index is 2.11. The van der Waals surface area contributed by atoms with Crippen molar-refractivity contribution in [1.82, 2.24) is 10.2 Å². The van der Waals surface area contributed by atoms with Gasteiger partial charge in [-0.2, -0.15) is 0 Å². The van der Waals surface area contributed by atoms with Crippen molar-refractivity contribution in [2.24, 2.45) is 5.73 Å². The van der Waals surface area contributed by atoms with Gasteiger partial charge in [-0.05, 0) is 6.07 Å². The smallest absolute Gasteiger partial charge is 0.257 e. The van der Waals surface area contributed by atoms with E-state index in [2.05, 4.69) is 5.32 Å². The van der Waals surface area contributed by atoms with Crippen LogP contribution >= 0.6 is 0 Å². The van der Waals surface area contributed by atoms with Gasteiger partial charge in [-0.15, -0.1) is 0 Å². The molecule has 1 atom stereocenters. The quantitative estimate of drug-likeness (QED) is 0.698. The van der Waals surface area contributed by atoms with Crippen molar-refractivity contribution in [3.63, 3.8) is 0 Å². The van der Waals surface area contributed by atoms with E-state index < -0.39 is 0 Å². The van der Waals surface area contributed by atoms with Crippen LogP contribution in [-0.4, -0.2) is 43.0 Å². The van der Waals surface area contributed by atoms with E-state index in [0.717, 1.165) is 13.1 Å². The fraction of sp³-hybridized carbons (Fsp3) is 0.500. The number of rotatable bonds is 2. The highest BCUT2D eigenvalue weighted by Crippen LogP contribution is 2.10. The summed E-state index contributed by atoms with van der Waals surface area (Å²) in [5, 5.41) is 3.22. The summed E-state index contributed by atoms with van der Waals surface area (Å²) in [6.45, 7) is 2.77. The van der Waals surface area contributed by atoms with Crippen LogP contribution in [0.25, 0.3) is 0 Å². The third-order valence-electron chi connectivity index (χ3n) is 2.65. The van der Waals surface area contributed by atoms with Crippen molar-refractivity contribution in [1.29, 1.82) is 0 Å². The van der Waals surface area contributed by atoms with Crippen molar-refractivity contribution in [2.75, 3.05) is 26.2 Å². The molecule has 1 fully saturated rings. The molecule has 1 aromatic rings. The average molecular weight is 209 g/mol.